The Morgan fingerprint density at radius 2 is 2.18 bits per heavy atom. The van der Waals surface area contributed by atoms with Gasteiger partial charge in [-0.2, -0.15) is 0 Å². The van der Waals surface area contributed by atoms with Gasteiger partial charge >= 0.3 is 5.97 Å². The van der Waals surface area contributed by atoms with E-state index in [9.17, 15) is 13.6 Å². The number of carbonyl (C=O) groups excluding carboxylic acids is 1. The van der Waals surface area contributed by atoms with Gasteiger partial charge in [0.25, 0.3) is 6.43 Å². The summed E-state index contributed by atoms with van der Waals surface area (Å²) >= 11 is 0. The largest absolute Gasteiger partial charge is 0.468 e. The van der Waals surface area contributed by atoms with Crippen molar-refractivity contribution in [3.63, 3.8) is 0 Å². The minimum absolute atomic E-state index is 0.0185. The molecule has 0 aromatic heterocycles. The number of nitrogens with one attached hydrogen (secondary N) is 1. The second-order valence-corrected chi connectivity index (χ2v) is 3.67. The Labute approximate surface area is 98.8 Å². The van der Waals surface area contributed by atoms with Gasteiger partial charge in [-0.3, -0.25) is 4.79 Å². The van der Waals surface area contributed by atoms with E-state index in [1.54, 1.807) is 19.1 Å². The molecule has 3 nitrogen and oxygen atoms in total. The van der Waals surface area contributed by atoms with Crippen molar-refractivity contribution in [2.75, 3.05) is 7.11 Å². The number of carbonyl (C=O) groups is 1. The van der Waals surface area contributed by atoms with E-state index in [4.69, 9.17) is 0 Å². The van der Waals surface area contributed by atoms with Gasteiger partial charge in [0.1, 0.15) is 6.04 Å². The number of esters is 1. The molecule has 5 heteroatoms. The van der Waals surface area contributed by atoms with Crippen LogP contribution in [0.15, 0.2) is 24.3 Å². The molecule has 1 aromatic carbocycles. The van der Waals surface area contributed by atoms with Crippen LogP contribution in [0.1, 0.15) is 24.5 Å². The number of alkyl halides is 2. The molecule has 0 aliphatic carbocycles. The highest BCUT2D eigenvalue weighted by atomic mass is 19.3. The Bertz CT molecular complexity index is 383. The normalized spacial score (nSPS) is 12.5. The van der Waals surface area contributed by atoms with Gasteiger partial charge in [-0.25, -0.2) is 8.78 Å². The van der Waals surface area contributed by atoms with Crippen molar-refractivity contribution in [2.24, 2.45) is 0 Å². The minimum atomic E-state index is -2.48. The number of hydrogen-bond donors (Lipinski definition) is 1. The Kier molecular flexibility index (Phi) is 5.03. The second kappa shape index (κ2) is 6.30. The van der Waals surface area contributed by atoms with E-state index in [-0.39, 0.29) is 11.5 Å². The highest BCUT2D eigenvalue weighted by Crippen LogP contribution is 2.19. The van der Waals surface area contributed by atoms with Crippen LogP contribution < -0.4 is 5.32 Å². The molecule has 0 aliphatic rings. The Balaban J connectivity index is 2.57. The molecule has 1 N–H and O–H groups in total. The van der Waals surface area contributed by atoms with E-state index in [1.165, 1.54) is 19.2 Å². The summed E-state index contributed by atoms with van der Waals surface area (Å²) in [4.78, 5) is 11.1. The van der Waals surface area contributed by atoms with Gasteiger partial charge in [-0.15, -0.1) is 0 Å². The van der Waals surface area contributed by atoms with Crippen LogP contribution in [-0.4, -0.2) is 19.1 Å². The SMILES string of the molecule is COC(=O)C(C)NCc1cccc(C(F)F)c1. The van der Waals surface area contributed by atoms with Crippen molar-refractivity contribution in [1.82, 2.24) is 5.32 Å². The summed E-state index contributed by atoms with van der Waals surface area (Å²) in [6.45, 7) is 2.00. The predicted molar refractivity (Wildman–Crippen MR) is 59.7 cm³/mol. The minimum Gasteiger partial charge on any atom is -0.468 e. The van der Waals surface area contributed by atoms with Crippen LogP contribution in [0.2, 0.25) is 0 Å². The second-order valence-electron chi connectivity index (χ2n) is 3.67. The lowest BCUT2D eigenvalue weighted by Gasteiger charge is -2.11. The fourth-order valence-corrected chi connectivity index (χ4v) is 1.37. The van der Waals surface area contributed by atoms with Crippen LogP contribution in [0.25, 0.3) is 0 Å². The van der Waals surface area contributed by atoms with E-state index < -0.39 is 12.5 Å². The predicted octanol–water partition coefficient (Wildman–Crippen LogP) is 2.28. The van der Waals surface area contributed by atoms with Crippen LogP contribution in [0.3, 0.4) is 0 Å². The molecule has 0 fully saturated rings. The summed E-state index contributed by atoms with van der Waals surface area (Å²) in [7, 11) is 1.30. The fraction of sp³-hybridized carbons (Fsp3) is 0.417. The molecule has 17 heavy (non-hydrogen) atoms. The molecule has 94 valence electrons. The van der Waals surface area contributed by atoms with Crippen molar-refractivity contribution in [3.05, 3.63) is 35.4 Å². The van der Waals surface area contributed by atoms with E-state index in [0.29, 0.717) is 12.1 Å². The molecule has 0 spiro atoms. The van der Waals surface area contributed by atoms with Gasteiger partial charge in [-0.1, -0.05) is 18.2 Å². The molecule has 0 bridgehead atoms. The van der Waals surface area contributed by atoms with Crippen LogP contribution in [0, 0.1) is 0 Å². The van der Waals surface area contributed by atoms with E-state index >= 15 is 0 Å². The molecule has 1 unspecified atom stereocenters. The highest BCUT2D eigenvalue weighted by Gasteiger charge is 2.12. The van der Waals surface area contributed by atoms with Gasteiger partial charge in [0.2, 0.25) is 0 Å². The first kappa shape index (κ1) is 13.6. The number of methoxy groups -OCH3 is 1. The zero-order valence-electron chi connectivity index (χ0n) is 9.74. The topological polar surface area (TPSA) is 38.3 Å². The summed E-state index contributed by atoms with van der Waals surface area (Å²) in [5, 5.41) is 2.90. The van der Waals surface area contributed by atoms with E-state index in [0.717, 1.165) is 0 Å². The van der Waals surface area contributed by atoms with Crippen molar-refractivity contribution >= 4 is 5.97 Å². The van der Waals surface area contributed by atoms with Gasteiger partial charge in [0, 0.05) is 12.1 Å². The van der Waals surface area contributed by atoms with Gasteiger partial charge in [-0.05, 0) is 18.6 Å². The summed E-state index contributed by atoms with van der Waals surface area (Å²) in [5.41, 5.74) is 0.688. The Morgan fingerprint density at radius 3 is 2.76 bits per heavy atom. The first-order chi connectivity index (χ1) is 8.04. The molecule has 1 rings (SSSR count). The lowest BCUT2D eigenvalue weighted by Crippen LogP contribution is -2.34. The number of rotatable bonds is 5. The monoisotopic (exact) mass is 243 g/mol. The molecule has 1 atom stereocenters. The Hall–Kier alpha value is -1.49. The van der Waals surface area contributed by atoms with Crippen LogP contribution >= 0.6 is 0 Å². The maximum atomic E-state index is 12.4. The van der Waals surface area contributed by atoms with Crippen molar-refractivity contribution < 1.29 is 18.3 Å². The number of hydrogen-bond acceptors (Lipinski definition) is 3. The van der Waals surface area contributed by atoms with Crippen molar-refractivity contribution in [1.29, 1.82) is 0 Å². The maximum absolute atomic E-state index is 12.4. The zero-order chi connectivity index (χ0) is 12.8. The fourth-order valence-electron chi connectivity index (χ4n) is 1.37. The van der Waals surface area contributed by atoms with Crippen LogP contribution in [0.5, 0.6) is 0 Å². The van der Waals surface area contributed by atoms with Gasteiger partial charge in [0.15, 0.2) is 0 Å². The third kappa shape index (κ3) is 4.11. The summed E-state index contributed by atoms with van der Waals surface area (Å²) in [5.74, 6) is -0.380. The standard InChI is InChI=1S/C12H15F2NO2/c1-8(12(16)17-2)15-7-9-4-3-5-10(6-9)11(13)14/h3-6,8,11,15H,7H2,1-2H3. The molecule has 0 saturated heterocycles. The third-order valence-corrected chi connectivity index (χ3v) is 2.37. The van der Waals surface area contributed by atoms with E-state index in [2.05, 4.69) is 10.1 Å². The first-order valence-electron chi connectivity index (χ1n) is 5.22. The quantitative estimate of drug-likeness (QED) is 0.806. The molecule has 0 heterocycles. The number of halogens is 2. The first-order valence-corrected chi connectivity index (χ1v) is 5.22. The summed E-state index contributed by atoms with van der Waals surface area (Å²) < 4.78 is 29.4. The molecule has 0 amide bonds. The third-order valence-electron chi connectivity index (χ3n) is 2.37. The summed E-state index contributed by atoms with van der Waals surface area (Å²) in [6.07, 6.45) is -2.48. The lowest BCUT2D eigenvalue weighted by atomic mass is 10.1. The molecular weight excluding hydrogens is 228 g/mol. The smallest absolute Gasteiger partial charge is 0.322 e. The van der Waals surface area contributed by atoms with Crippen molar-refractivity contribution in [2.45, 2.75) is 25.9 Å². The number of ether oxygens (including phenoxy) is 1. The average molecular weight is 243 g/mol. The molecular formula is C12H15F2NO2. The average Bonchev–Trinajstić information content (AvgIpc) is 2.35. The molecule has 1 aromatic rings. The zero-order valence-corrected chi connectivity index (χ0v) is 9.74. The molecule has 0 saturated carbocycles. The lowest BCUT2D eigenvalue weighted by molar-refractivity contribution is -0.142. The molecule has 0 aliphatic heterocycles. The summed E-state index contributed by atoms with van der Waals surface area (Å²) in [6, 6.07) is 5.62. The van der Waals surface area contributed by atoms with Gasteiger partial charge in [0.05, 0.1) is 7.11 Å². The Morgan fingerprint density at radius 1 is 1.47 bits per heavy atom. The van der Waals surface area contributed by atoms with Gasteiger partial charge < -0.3 is 10.1 Å². The van der Waals surface area contributed by atoms with E-state index in [1.807, 2.05) is 0 Å². The van der Waals surface area contributed by atoms with Crippen LogP contribution in [-0.2, 0) is 16.1 Å². The van der Waals surface area contributed by atoms with Crippen molar-refractivity contribution in [3.8, 4) is 0 Å². The number of benzene rings is 1. The maximum Gasteiger partial charge on any atom is 0.322 e. The molecule has 0 radical (unpaired) electrons. The van der Waals surface area contributed by atoms with Crippen LogP contribution in [0.4, 0.5) is 8.78 Å². The highest BCUT2D eigenvalue weighted by molar-refractivity contribution is 5.75.